The lowest BCUT2D eigenvalue weighted by molar-refractivity contribution is 0.186. The van der Waals surface area contributed by atoms with Crippen LogP contribution in [-0.2, 0) is 11.2 Å². The summed E-state index contributed by atoms with van der Waals surface area (Å²) in [6.45, 7) is 2.82. The van der Waals surface area contributed by atoms with Gasteiger partial charge in [0.15, 0.2) is 0 Å². The summed E-state index contributed by atoms with van der Waals surface area (Å²) in [4.78, 5) is 0. The predicted octanol–water partition coefficient (Wildman–Crippen LogP) is 4.05. The number of nitrogens with one attached hydrogen (secondary N) is 1. The number of benzene rings is 2. The van der Waals surface area contributed by atoms with E-state index in [1.165, 1.54) is 11.1 Å². The first-order chi connectivity index (χ1) is 9.33. The predicted molar refractivity (Wildman–Crippen MR) is 80.5 cm³/mol. The van der Waals surface area contributed by atoms with Gasteiger partial charge in [-0.05, 0) is 29.7 Å². The molecule has 100 valence electrons. The number of rotatable bonds is 6. The monoisotopic (exact) mass is 255 g/mol. The van der Waals surface area contributed by atoms with Crippen LogP contribution in [0.2, 0.25) is 0 Å². The molecule has 0 heterocycles. The van der Waals surface area contributed by atoms with Crippen LogP contribution in [0.25, 0.3) is 0 Å². The van der Waals surface area contributed by atoms with E-state index >= 15 is 0 Å². The molecule has 0 aromatic heterocycles. The third kappa shape index (κ3) is 3.83. The average Bonchev–Trinajstić information content (AvgIpc) is 2.48. The quantitative estimate of drug-likeness (QED) is 0.840. The maximum atomic E-state index is 5.31. The van der Waals surface area contributed by atoms with Gasteiger partial charge in [-0.15, -0.1) is 0 Å². The summed E-state index contributed by atoms with van der Waals surface area (Å²) >= 11 is 0. The number of ether oxygens (including phenoxy) is 1. The Balaban J connectivity index is 2.11. The second-order valence-electron chi connectivity index (χ2n) is 4.61. The summed E-state index contributed by atoms with van der Waals surface area (Å²) in [5.41, 5.74) is 3.72. The number of hydrogen-bond acceptors (Lipinski definition) is 2. The zero-order chi connectivity index (χ0) is 13.5. The zero-order valence-corrected chi connectivity index (χ0v) is 11.6. The van der Waals surface area contributed by atoms with Gasteiger partial charge in [0.25, 0.3) is 0 Å². The highest BCUT2D eigenvalue weighted by atomic mass is 16.5. The molecule has 0 saturated carbocycles. The van der Waals surface area contributed by atoms with Crippen LogP contribution in [0, 0.1) is 0 Å². The van der Waals surface area contributed by atoms with E-state index in [0.717, 1.165) is 12.1 Å². The maximum absolute atomic E-state index is 5.31. The molecule has 0 radical (unpaired) electrons. The van der Waals surface area contributed by atoms with Crippen molar-refractivity contribution >= 4 is 5.69 Å². The SMILES string of the molecule is CCc1ccc(NC(COC)c2ccccc2)cc1. The summed E-state index contributed by atoms with van der Waals surface area (Å²) in [5.74, 6) is 0. The van der Waals surface area contributed by atoms with Crippen molar-refractivity contribution in [3.05, 3.63) is 65.7 Å². The van der Waals surface area contributed by atoms with Crippen LogP contribution in [0.5, 0.6) is 0 Å². The molecule has 2 rings (SSSR count). The molecule has 0 aliphatic heterocycles. The molecule has 0 bridgehead atoms. The Hall–Kier alpha value is -1.80. The van der Waals surface area contributed by atoms with Gasteiger partial charge in [-0.25, -0.2) is 0 Å². The normalized spacial score (nSPS) is 12.1. The van der Waals surface area contributed by atoms with Crippen LogP contribution in [0.3, 0.4) is 0 Å². The van der Waals surface area contributed by atoms with Gasteiger partial charge in [0.2, 0.25) is 0 Å². The van der Waals surface area contributed by atoms with Crippen molar-refractivity contribution in [2.24, 2.45) is 0 Å². The van der Waals surface area contributed by atoms with E-state index in [2.05, 4.69) is 60.8 Å². The largest absolute Gasteiger partial charge is 0.382 e. The first-order valence-corrected chi connectivity index (χ1v) is 6.73. The lowest BCUT2D eigenvalue weighted by Gasteiger charge is -2.19. The number of anilines is 1. The highest BCUT2D eigenvalue weighted by Crippen LogP contribution is 2.20. The number of methoxy groups -OCH3 is 1. The van der Waals surface area contributed by atoms with Crippen LogP contribution < -0.4 is 5.32 Å². The summed E-state index contributed by atoms with van der Waals surface area (Å²) in [6, 6.07) is 19.2. The van der Waals surface area contributed by atoms with Crippen LogP contribution in [0.1, 0.15) is 24.1 Å². The Kier molecular flexibility index (Phi) is 4.99. The Morgan fingerprint density at radius 3 is 2.26 bits per heavy atom. The molecule has 19 heavy (non-hydrogen) atoms. The highest BCUT2D eigenvalue weighted by molar-refractivity contribution is 5.47. The Morgan fingerprint density at radius 1 is 1.00 bits per heavy atom. The van der Waals surface area contributed by atoms with Gasteiger partial charge in [0, 0.05) is 12.8 Å². The van der Waals surface area contributed by atoms with Gasteiger partial charge in [-0.2, -0.15) is 0 Å². The summed E-state index contributed by atoms with van der Waals surface area (Å²) < 4.78 is 5.31. The molecule has 0 fully saturated rings. The third-order valence-corrected chi connectivity index (χ3v) is 3.24. The standard InChI is InChI=1S/C17H21NO/c1-3-14-9-11-16(12-10-14)18-17(13-19-2)15-7-5-4-6-8-15/h4-12,17-18H,3,13H2,1-2H3. The minimum absolute atomic E-state index is 0.179. The number of aryl methyl sites for hydroxylation is 1. The van der Waals surface area contributed by atoms with Crippen molar-refractivity contribution in [1.29, 1.82) is 0 Å². The second kappa shape index (κ2) is 6.95. The topological polar surface area (TPSA) is 21.3 Å². The van der Waals surface area contributed by atoms with E-state index in [-0.39, 0.29) is 6.04 Å². The summed E-state index contributed by atoms with van der Waals surface area (Å²) in [6.07, 6.45) is 1.07. The summed E-state index contributed by atoms with van der Waals surface area (Å²) in [5, 5.41) is 3.52. The van der Waals surface area contributed by atoms with E-state index in [1.807, 2.05) is 6.07 Å². The molecule has 1 N–H and O–H groups in total. The molecule has 0 saturated heterocycles. The molecule has 0 aliphatic carbocycles. The van der Waals surface area contributed by atoms with Crippen molar-refractivity contribution in [2.45, 2.75) is 19.4 Å². The van der Waals surface area contributed by atoms with Crippen molar-refractivity contribution in [3.63, 3.8) is 0 Å². The minimum Gasteiger partial charge on any atom is -0.382 e. The average molecular weight is 255 g/mol. The third-order valence-electron chi connectivity index (χ3n) is 3.24. The fraction of sp³-hybridized carbons (Fsp3) is 0.294. The smallest absolute Gasteiger partial charge is 0.0747 e. The molecule has 0 spiro atoms. The molecule has 1 unspecified atom stereocenters. The molecule has 0 aliphatic rings. The fourth-order valence-corrected chi connectivity index (χ4v) is 2.11. The molecular formula is C17H21NO. The highest BCUT2D eigenvalue weighted by Gasteiger charge is 2.10. The Bertz CT molecular complexity index is 478. The second-order valence-corrected chi connectivity index (χ2v) is 4.61. The van der Waals surface area contributed by atoms with E-state index in [1.54, 1.807) is 7.11 Å². The van der Waals surface area contributed by atoms with E-state index in [0.29, 0.717) is 6.61 Å². The summed E-state index contributed by atoms with van der Waals surface area (Å²) in [7, 11) is 1.73. The van der Waals surface area contributed by atoms with Gasteiger partial charge in [-0.3, -0.25) is 0 Å². The molecular weight excluding hydrogens is 234 g/mol. The lowest BCUT2D eigenvalue weighted by Crippen LogP contribution is -2.16. The van der Waals surface area contributed by atoms with Gasteiger partial charge in [0.05, 0.1) is 12.6 Å². The molecule has 2 aromatic rings. The zero-order valence-electron chi connectivity index (χ0n) is 11.6. The van der Waals surface area contributed by atoms with Gasteiger partial charge in [-0.1, -0.05) is 49.4 Å². The van der Waals surface area contributed by atoms with Gasteiger partial charge < -0.3 is 10.1 Å². The molecule has 2 nitrogen and oxygen atoms in total. The Labute approximate surface area is 115 Å². The molecule has 2 heteroatoms. The molecule has 0 amide bonds. The van der Waals surface area contributed by atoms with E-state index in [4.69, 9.17) is 4.74 Å². The van der Waals surface area contributed by atoms with E-state index in [9.17, 15) is 0 Å². The van der Waals surface area contributed by atoms with Gasteiger partial charge >= 0.3 is 0 Å². The van der Waals surface area contributed by atoms with Crippen LogP contribution in [0.15, 0.2) is 54.6 Å². The minimum atomic E-state index is 0.179. The van der Waals surface area contributed by atoms with E-state index < -0.39 is 0 Å². The molecule has 2 aromatic carbocycles. The van der Waals surface area contributed by atoms with Crippen molar-refractivity contribution in [2.75, 3.05) is 19.0 Å². The first kappa shape index (κ1) is 13.6. The fourth-order valence-electron chi connectivity index (χ4n) is 2.11. The van der Waals surface area contributed by atoms with Crippen molar-refractivity contribution in [1.82, 2.24) is 0 Å². The van der Waals surface area contributed by atoms with Crippen LogP contribution in [-0.4, -0.2) is 13.7 Å². The van der Waals surface area contributed by atoms with Crippen molar-refractivity contribution in [3.8, 4) is 0 Å². The van der Waals surface area contributed by atoms with Crippen molar-refractivity contribution < 1.29 is 4.74 Å². The number of hydrogen-bond donors (Lipinski definition) is 1. The van der Waals surface area contributed by atoms with Crippen LogP contribution in [0.4, 0.5) is 5.69 Å². The molecule has 1 atom stereocenters. The maximum Gasteiger partial charge on any atom is 0.0747 e. The lowest BCUT2D eigenvalue weighted by atomic mass is 10.1. The van der Waals surface area contributed by atoms with Gasteiger partial charge in [0.1, 0.15) is 0 Å². The Morgan fingerprint density at radius 2 is 1.68 bits per heavy atom. The van der Waals surface area contributed by atoms with Crippen LogP contribution >= 0.6 is 0 Å². The first-order valence-electron chi connectivity index (χ1n) is 6.73.